The molecule has 0 spiro atoms. The second-order valence-electron chi connectivity index (χ2n) is 5.84. The lowest BCUT2D eigenvalue weighted by Crippen LogP contribution is -2.36. The number of benzene rings is 1. The molecule has 3 nitrogen and oxygen atoms in total. The Morgan fingerprint density at radius 2 is 2.20 bits per heavy atom. The number of rotatable bonds is 6. The van der Waals surface area contributed by atoms with Crippen molar-refractivity contribution in [3.8, 4) is 0 Å². The number of aromatic nitrogens is 1. The molecule has 1 fully saturated rings. The number of hydrogen-bond acceptors (Lipinski definition) is 2. The number of hydrogen-bond donors (Lipinski definition) is 2. The summed E-state index contributed by atoms with van der Waals surface area (Å²) in [7, 11) is 0. The van der Waals surface area contributed by atoms with Gasteiger partial charge in [0, 0.05) is 18.3 Å². The van der Waals surface area contributed by atoms with Crippen LogP contribution >= 0.6 is 0 Å². The number of para-hydroxylation sites is 1. The maximum absolute atomic E-state index is 3.61. The van der Waals surface area contributed by atoms with Crippen molar-refractivity contribution in [2.45, 2.75) is 25.8 Å². The third kappa shape index (κ3) is 3.41. The van der Waals surface area contributed by atoms with Crippen LogP contribution in [-0.2, 0) is 6.54 Å². The number of nitrogens with one attached hydrogen (secondary N) is 2. The van der Waals surface area contributed by atoms with Crippen molar-refractivity contribution in [1.82, 2.24) is 15.2 Å². The maximum atomic E-state index is 3.61. The highest BCUT2D eigenvalue weighted by atomic mass is 15.0. The van der Waals surface area contributed by atoms with Crippen LogP contribution in [0.3, 0.4) is 0 Å². The summed E-state index contributed by atoms with van der Waals surface area (Å²) in [6, 6.07) is 10.8. The van der Waals surface area contributed by atoms with Gasteiger partial charge in [0.05, 0.1) is 0 Å². The first-order chi connectivity index (χ1) is 9.93. The van der Waals surface area contributed by atoms with E-state index in [1.807, 2.05) is 0 Å². The number of fused-ring (bicyclic) bond motifs is 1. The molecule has 1 aliphatic rings. The summed E-state index contributed by atoms with van der Waals surface area (Å²) >= 11 is 0. The van der Waals surface area contributed by atoms with Gasteiger partial charge in [-0.1, -0.05) is 18.2 Å². The molecule has 1 saturated heterocycles. The smallest absolute Gasteiger partial charge is 0.0480 e. The highest BCUT2D eigenvalue weighted by Crippen LogP contribution is 2.15. The molecule has 0 amide bonds. The summed E-state index contributed by atoms with van der Waals surface area (Å²) in [6.45, 7) is 5.78. The maximum Gasteiger partial charge on any atom is 0.0480 e. The Morgan fingerprint density at radius 3 is 3.10 bits per heavy atom. The Bertz CT molecular complexity index is 526. The minimum Gasteiger partial charge on any atom is -0.347 e. The molecule has 1 unspecified atom stereocenters. The van der Waals surface area contributed by atoms with Gasteiger partial charge in [0.1, 0.15) is 0 Å². The van der Waals surface area contributed by atoms with Crippen LogP contribution < -0.4 is 10.6 Å². The van der Waals surface area contributed by atoms with E-state index in [4.69, 9.17) is 0 Å². The first kappa shape index (κ1) is 13.7. The molecule has 0 radical (unpaired) electrons. The number of aryl methyl sites for hydroxylation is 1. The molecule has 1 aromatic carbocycles. The normalized spacial score (nSPS) is 19.5. The molecule has 2 N–H and O–H groups in total. The summed E-state index contributed by atoms with van der Waals surface area (Å²) in [5.41, 5.74) is 1.35. The van der Waals surface area contributed by atoms with Crippen LogP contribution in [0, 0.1) is 5.92 Å². The molecular weight excluding hydrogens is 246 g/mol. The molecule has 2 aromatic rings. The summed E-state index contributed by atoms with van der Waals surface area (Å²) in [4.78, 5) is 0. The molecule has 20 heavy (non-hydrogen) atoms. The van der Waals surface area contributed by atoms with Gasteiger partial charge < -0.3 is 15.2 Å². The second-order valence-corrected chi connectivity index (χ2v) is 5.84. The zero-order valence-electron chi connectivity index (χ0n) is 12.1. The van der Waals surface area contributed by atoms with Crippen LogP contribution in [0.4, 0.5) is 0 Å². The summed E-state index contributed by atoms with van der Waals surface area (Å²) in [6.07, 6.45) is 6.11. The Labute approximate surface area is 121 Å². The largest absolute Gasteiger partial charge is 0.347 e. The fraction of sp³-hybridized carbons (Fsp3) is 0.529. The molecule has 0 aliphatic carbocycles. The summed E-state index contributed by atoms with van der Waals surface area (Å²) < 4.78 is 2.36. The zero-order valence-corrected chi connectivity index (χ0v) is 12.1. The van der Waals surface area contributed by atoms with E-state index >= 15 is 0 Å². The van der Waals surface area contributed by atoms with Crippen molar-refractivity contribution >= 4 is 10.9 Å². The van der Waals surface area contributed by atoms with Gasteiger partial charge in [0.15, 0.2) is 0 Å². The monoisotopic (exact) mass is 271 g/mol. The first-order valence-electron chi connectivity index (χ1n) is 7.89. The van der Waals surface area contributed by atoms with E-state index < -0.39 is 0 Å². The molecule has 1 aliphatic heterocycles. The molecule has 0 saturated carbocycles. The van der Waals surface area contributed by atoms with Gasteiger partial charge in [-0.05, 0) is 68.9 Å². The van der Waals surface area contributed by atoms with Crippen LogP contribution in [-0.4, -0.2) is 30.7 Å². The quantitative estimate of drug-likeness (QED) is 0.791. The minimum atomic E-state index is 0.830. The average molecular weight is 271 g/mol. The minimum absolute atomic E-state index is 0.830. The van der Waals surface area contributed by atoms with E-state index in [0.29, 0.717) is 0 Å². The lowest BCUT2D eigenvalue weighted by Gasteiger charge is -2.22. The van der Waals surface area contributed by atoms with Gasteiger partial charge in [-0.2, -0.15) is 0 Å². The molecule has 3 heteroatoms. The first-order valence-corrected chi connectivity index (χ1v) is 7.89. The predicted molar refractivity (Wildman–Crippen MR) is 85.0 cm³/mol. The van der Waals surface area contributed by atoms with Crippen LogP contribution in [0.15, 0.2) is 36.5 Å². The third-order valence-corrected chi connectivity index (χ3v) is 4.26. The van der Waals surface area contributed by atoms with Crippen LogP contribution in [0.25, 0.3) is 10.9 Å². The van der Waals surface area contributed by atoms with Crippen LogP contribution in [0.1, 0.15) is 19.3 Å². The van der Waals surface area contributed by atoms with Gasteiger partial charge in [-0.25, -0.2) is 0 Å². The highest BCUT2D eigenvalue weighted by Gasteiger charge is 2.11. The Kier molecular flexibility index (Phi) is 4.72. The standard InChI is InChI=1S/C17H25N3/c1-2-7-17-16(6-1)8-12-20(17)11-4-10-19-14-15-5-3-9-18-13-15/h1-2,6-8,12,15,18-19H,3-5,9-11,13-14H2. The Balaban J connectivity index is 1.39. The summed E-state index contributed by atoms with van der Waals surface area (Å²) in [5.74, 6) is 0.830. The molecule has 2 heterocycles. The SMILES string of the molecule is c1ccc2c(c1)ccn2CCCNCC1CCCNC1. The van der Waals surface area contributed by atoms with E-state index in [9.17, 15) is 0 Å². The van der Waals surface area contributed by atoms with Gasteiger partial charge in [0.2, 0.25) is 0 Å². The molecular formula is C17H25N3. The van der Waals surface area contributed by atoms with E-state index in [-0.39, 0.29) is 0 Å². The average Bonchev–Trinajstić information content (AvgIpc) is 2.91. The van der Waals surface area contributed by atoms with Crippen molar-refractivity contribution in [2.24, 2.45) is 5.92 Å². The fourth-order valence-corrected chi connectivity index (χ4v) is 3.11. The van der Waals surface area contributed by atoms with E-state index in [2.05, 4.69) is 51.7 Å². The number of nitrogens with zero attached hydrogens (tertiary/aromatic N) is 1. The van der Waals surface area contributed by atoms with Crippen molar-refractivity contribution < 1.29 is 0 Å². The van der Waals surface area contributed by atoms with Crippen LogP contribution in [0.5, 0.6) is 0 Å². The van der Waals surface area contributed by atoms with Crippen molar-refractivity contribution in [3.63, 3.8) is 0 Å². The van der Waals surface area contributed by atoms with E-state index in [1.54, 1.807) is 0 Å². The molecule has 3 rings (SSSR count). The Morgan fingerprint density at radius 1 is 1.25 bits per heavy atom. The second kappa shape index (κ2) is 6.91. The van der Waals surface area contributed by atoms with E-state index in [0.717, 1.165) is 19.0 Å². The highest BCUT2D eigenvalue weighted by molar-refractivity contribution is 5.79. The zero-order chi connectivity index (χ0) is 13.6. The predicted octanol–water partition coefficient (Wildman–Crippen LogP) is 2.62. The molecule has 108 valence electrons. The van der Waals surface area contributed by atoms with Gasteiger partial charge >= 0.3 is 0 Å². The molecule has 0 bridgehead atoms. The van der Waals surface area contributed by atoms with Crippen LogP contribution in [0.2, 0.25) is 0 Å². The fourth-order valence-electron chi connectivity index (χ4n) is 3.11. The molecule has 1 aromatic heterocycles. The third-order valence-electron chi connectivity index (χ3n) is 4.26. The lowest BCUT2D eigenvalue weighted by molar-refractivity contribution is 0.359. The lowest BCUT2D eigenvalue weighted by atomic mass is 10.00. The number of piperidine rings is 1. The van der Waals surface area contributed by atoms with Crippen molar-refractivity contribution in [2.75, 3.05) is 26.2 Å². The van der Waals surface area contributed by atoms with Gasteiger partial charge in [0.25, 0.3) is 0 Å². The van der Waals surface area contributed by atoms with Crippen molar-refractivity contribution in [3.05, 3.63) is 36.5 Å². The Hall–Kier alpha value is -1.32. The summed E-state index contributed by atoms with van der Waals surface area (Å²) in [5, 5.41) is 8.43. The van der Waals surface area contributed by atoms with Gasteiger partial charge in [-0.15, -0.1) is 0 Å². The van der Waals surface area contributed by atoms with Gasteiger partial charge in [-0.3, -0.25) is 0 Å². The molecule has 1 atom stereocenters. The van der Waals surface area contributed by atoms with Crippen molar-refractivity contribution in [1.29, 1.82) is 0 Å². The van der Waals surface area contributed by atoms with E-state index in [1.165, 1.54) is 49.8 Å². The topological polar surface area (TPSA) is 29.0 Å².